The molecule has 0 aliphatic carbocycles. The number of carbonyl (C=O) groups excluding carboxylic acids is 3. The third-order valence-electron chi connectivity index (χ3n) is 11.7. The summed E-state index contributed by atoms with van der Waals surface area (Å²) in [5.74, 6) is -0.920. The number of allylic oxidation sites excluding steroid dienone is 14. The molecule has 0 aromatic rings. The van der Waals surface area contributed by atoms with Gasteiger partial charge >= 0.3 is 17.9 Å². The van der Waals surface area contributed by atoms with Crippen molar-refractivity contribution in [1.82, 2.24) is 0 Å². The number of hydrogen-bond acceptors (Lipinski definition) is 6. The highest BCUT2D eigenvalue weighted by Crippen LogP contribution is 2.15. The van der Waals surface area contributed by atoms with Crippen LogP contribution >= 0.6 is 0 Å². The summed E-state index contributed by atoms with van der Waals surface area (Å²) in [5, 5.41) is 0. The van der Waals surface area contributed by atoms with Crippen LogP contribution in [0.2, 0.25) is 0 Å². The summed E-state index contributed by atoms with van der Waals surface area (Å²) >= 11 is 0. The molecule has 0 aromatic carbocycles. The van der Waals surface area contributed by atoms with E-state index in [1.165, 1.54) is 96.3 Å². The van der Waals surface area contributed by atoms with Crippen molar-refractivity contribution in [3.63, 3.8) is 0 Å². The van der Waals surface area contributed by atoms with E-state index >= 15 is 0 Å². The van der Waals surface area contributed by atoms with Gasteiger partial charge in [-0.3, -0.25) is 14.4 Å². The lowest BCUT2D eigenvalue weighted by Gasteiger charge is -2.18. The fourth-order valence-corrected chi connectivity index (χ4v) is 7.55. The largest absolute Gasteiger partial charge is 0.462 e. The van der Waals surface area contributed by atoms with E-state index in [0.29, 0.717) is 19.3 Å². The van der Waals surface area contributed by atoms with Crippen LogP contribution in [0.5, 0.6) is 0 Å². The molecule has 0 radical (unpaired) electrons. The smallest absolute Gasteiger partial charge is 0.306 e. The number of esters is 3. The van der Waals surface area contributed by atoms with Crippen LogP contribution in [0.4, 0.5) is 0 Å². The summed E-state index contributed by atoms with van der Waals surface area (Å²) in [6, 6.07) is 0. The second kappa shape index (κ2) is 54.2. The first-order valence-corrected chi connectivity index (χ1v) is 27.6. The van der Waals surface area contributed by atoms with E-state index < -0.39 is 6.10 Å². The van der Waals surface area contributed by atoms with Crippen molar-refractivity contribution in [3.05, 3.63) is 85.1 Å². The van der Waals surface area contributed by atoms with Gasteiger partial charge in [-0.15, -0.1) is 0 Å². The Hall–Kier alpha value is -3.41. The van der Waals surface area contributed by atoms with E-state index in [9.17, 15) is 14.4 Å². The number of hydrogen-bond donors (Lipinski definition) is 0. The van der Waals surface area contributed by atoms with E-state index in [1.54, 1.807) is 0 Å². The Morgan fingerprint density at radius 2 is 0.652 bits per heavy atom. The summed E-state index contributed by atoms with van der Waals surface area (Å²) in [6.07, 6.45) is 69.9. The van der Waals surface area contributed by atoms with Crippen LogP contribution in [0.25, 0.3) is 0 Å². The van der Waals surface area contributed by atoms with Crippen LogP contribution < -0.4 is 0 Å². The summed E-state index contributed by atoms with van der Waals surface area (Å²) in [6.45, 7) is 6.48. The van der Waals surface area contributed by atoms with E-state index in [2.05, 4.69) is 106 Å². The molecule has 0 spiro atoms. The standard InChI is InChI=1S/C60H102O6/c1-4-7-10-13-16-19-22-24-26-28-30-32-33-35-38-41-44-47-50-53-59(62)65-56-57(55-64-58(61)52-49-46-43-40-37-21-18-15-12-9-6-3)66-60(63)54-51-48-45-42-39-36-34-31-29-27-25-23-20-17-14-11-8-5-2/h7,10,16,19,23-27,29-32,34,57H,4-6,8-9,11-15,17-18,20-22,28,33,35-56H2,1-3H3/b10-7-,19-16-,25-23-,26-24-,29-27-,32-30-,34-31-. The lowest BCUT2D eigenvalue weighted by atomic mass is 10.1. The van der Waals surface area contributed by atoms with Gasteiger partial charge in [0.2, 0.25) is 0 Å². The van der Waals surface area contributed by atoms with Gasteiger partial charge in [0.1, 0.15) is 13.2 Å². The number of unbranched alkanes of at least 4 members (excludes halogenated alkanes) is 26. The molecule has 0 aromatic heterocycles. The fraction of sp³-hybridized carbons (Fsp3) is 0.717. The molecule has 66 heavy (non-hydrogen) atoms. The zero-order valence-electron chi connectivity index (χ0n) is 43.2. The van der Waals surface area contributed by atoms with Crippen molar-refractivity contribution in [3.8, 4) is 0 Å². The van der Waals surface area contributed by atoms with Crippen LogP contribution in [0.15, 0.2) is 85.1 Å². The molecule has 0 saturated carbocycles. The quantitative estimate of drug-likeness (QED) is 0.0199. The maximum atomic E-state index is 12.8. The topological polar surface area (TPSA) is 78.9 Å². The minimum absolute atomic E-state index is 0.0884. The molecule has 1 unspecified atom stereocenters. The van der Waals surface area contributed by atoms with Crippen LogP contribution in [-0.2, 0) is 28.6 Å². The summed E-state index contributed by atoms with van der Waals surface area (Å²) in [4.78, 5) is 38.1. The highest BCUT2D eigenvalue weighted by Gasteiger charge is 2.19. The SMILES string of the molecule is CC/C=C\C/C=C\C/C=C\C/C=C\CCCCCCCCC(=O)OCC(COC(=O)CCCCCCCCCCCCC)OC(=O)CCCCCCC\C=C/C=C\C=C/CCCCCCC. The Kier molecular flexibility index (Phi) is 51.4. The minimum atomic E-state index is -0.792. The van der Waals surface area contributed by atoms with Crippen molar-refractivity contribution in [2.45, 2.75) is 264 Å². The fourth-order valence-electron chi connectivity index (χ4n) is 7.55. The van der Waals surface area contributed by atoms with Gasteiger partial charge in [-0.2, -0.15) is 0 Å². The lowest BCUT2D eigenvalue weighted by Crippen LogP contribution is -2.30. The van der Waals surface area contributed by atoms with Gasteiger partial charge in [-0.25, -0.2) is 0 Å². The Labute approximate surface area is 407 Å². The molecule has 0 saturated heterocycles. The molecule has 378 valence electrons. The Bertz CT molecular complexity index is 1290. The van der Waals surface area contributed by atoms with Crippen LogP contribution in [0.3, 0.4) is 0 Å². The van der Waals surface area contributed by atoms with E-state index in [-0.39, 0.29) is 31.1 Å². The average molecular weight is 919 g/mol. The average Bonchev–Trinajstić information content (AvgIpc) is 3.31. The van der Waals surface area contributed by atoms with Gasteiger partial charge in [0, 0.05) is 19.3 Å². The van der Waals surface area contributed by atoms with Crippen molar-refractivity contribution in [2.24, 2.45) is 0 Å². The molecule has 0 amide bonds. The first-order chi connectivity index (χ1) is 32.5. The number of ether oxygens (including phenoxy) is 3. The highest BCUT2D eigenvalue weighted by molar-refractivity contribution is 5.71. The maximum Gasteiger partial charge on any atom is 0.306 e. The van der Waals surface area contributed by atoms with Gasteiger partial charge in [-0.05, 0) is 83.5 Å². The second-order valence-corrected chi connectivity index (χ2v) is 18.2. The molecule has 0 aliphatic rings. The third kappa shape index (κ3) is 51.6. The Morgan fingerprint density at radius 1 is 0.333 bits per heavy atom. The van der Waals surface area contributed by atoms with E-state index in [1.807, 2.05) is 0 Å². The van der Waals surface area contributed by atoms with Gasteiger partial charge in [0.25, 0.3) is 0 Å². The Morgan fingerprint density at radius 3 is 1.05 bits per heavy atom. The summed E-state index contributed by atoms with van der Waals surface area (Å²) in [7, 11) is 0. The third-order valence-corrected chi connectivity index (χ3v) is 11.7. The van der Waals surface area contributed by atoms with E-state index in [4.69, 9.17) is 14.2 Å². The van der Waals surface area contributed by atoms with Crippen molar-refractivity contribution >= 4 is 17.9 Å². The van der Waals surface area contributed by atoms with Crippen molar-refractivity contribution < 1.29 is 28.6 Å². The zero-order valence-corrected chi connectivity index (χ0v) is 43.2. The van der Waals surface area contributed by atoms with Gasteiger partial charge in [0.15, 0.2) is 6.10 Å². The lowest BCUT2D eigenvalue weighted by molar-refractivity contribution is -0.167. The first kappa shape index (κ1) is 62.6. The normalized spacial score (nSPS) is 12.7. The predicted molar refractivity (Wildman–Crippen MR) is 284 cm³/mol. The second-order valence-electron chi connectivity index (χ2n) is 18.2. The summed E-state index contributed by atoms with van der Waals surface area (Å²) < 4.78 is 16.8. The first-order valence-electron chi connectivity index (χ1n) is 27.6. The molecule has 0 fully saturated rings. The molecule has 6 nitrogen and oxygen atoms in total. The Balaban J connectivity index is 4.42. The van der Waals surface area contributed by atoms with E-state index in [0.717, 1.165) is 122 Å². The van der Waals surface area contributed by atoms with Gasteiger partial charge in [-0.1, -0.05) is 241 Å². The molecule has 0 heterocycles. The molecular formula is C60H102O6. The maximum absolute atomic E-state index is 12.8. The number of carbonyl (C=O) groups is 3. The molecule has 6 heteroatoms. The zero-order chi connectivity index (χ0) is 47.9. The highest BCUT2D eigenvalue weighted by atomic mass is 16.6. The molecule has 0 bridgehead atoms. The molecular weight excluding hydrogens is 817 g/mol. The van der Waals surface area contributed by atoms with Crippen LogP contribution in [0.1, 0.15) is 258 Å². The van der Waals surface area contributed by atoms with Crippen molar-refractivity contribution in [1.29, 1.82) is 0 Å². The molecule has 0 N–H and O–H groups in total. The monoisotopic (exact) mass is 919 g/mol. The number of rotatable bonds is 49. The summed E-state index contributed by atoms with van der Waals surface area (Å²) in [5.41, 5.74) is 0. The van der Waals surface area contributed by atoms with Gasteiger partial charge < -0.3 is 14.2 Å². The van der Waals surface area contributed by atoms with Crippen molar-refractivity contribution in [2.75, 3.05) is 13.2 Å². The molecule has 0 rings (SSSR count). The minimum Gasteiger partial charge on any atom is -0.462 e. The molecule has 0 aliphatic heterocycles. The molecule has 1 atom stereocenters. The van der Waals surface area contributed by atoms with Crippen LogP contribution in [-0.4, -0.2) is 37.2 Å². The van der Waals surface area contributed by atoms with Gasteiger partial charge in [0.05, 0.1) is 0 Å². The van der Waals surface area contributed by atoms with Crippen LogP contribution in [0, 0.1) is 0 Å². The predicted octanol–water partition coefficient (Wildman–Crippen LogP) is 18.4.